The van der Waals surface area contributed by atoms with E-state index < -0.39 is 0 Å². The second-order valence-corrected chi connectivity index (χ2v) is 5.44. The number of nitrogens with zero attached hydrogens (tertiary/aromatic N) is 1. The van der Waals surface area contributed by atoms with Crippen molar-refractivity contribution < 1.29 is 9.21 Å². The molecule has 1 heterocycles. The Balaban J connectivity index is 1.95. The Morgan fingerprint density at radius 3 is 2.78 bits per heavy atom. The third-order valence-corrected chi connectivity index (χ3v) is 3.48. The molecule has 1 aromatic rings. The molecule has 4 nitrogen and oxygen atoms in total. The highest BCUT2D eigenvalue weighted by Crippen LogP contribution is 2.29. The monoisotopic (exact) mass is 250 g/mol. The SMILES string of the molecule is CC(C)C(N)CC(=O)N(Cc1ccco1)C1CC1. The topological polar surface area (TPSA) is 59.5 Å². The van der Waals surface area contributed by atoms with Crippen LogP contribution in [0.3, 0.4) is 0 Å². The van der Waals surface area contributed by atoms with E-state index in [0.717, 1.165) is 18.6 Å². The molecule has 1 aliphatic rings. The van der Waals surface area contributed by atoms with E-state index in [4.69, 9.17) is 10.2 Å². The standard InChI is InChI=1S/C14H22N2O2/c1-10(2)13(15)8-14(17)16(11-5-6-11)9-12-4-3-7-18-12/h3-4,7,10-11,13H,5-6,8-9,15H2,1-2H3. The molecule has 1 unspecified atom stereocenters. The van der Waals surface area contributed by atoms with Gasteiger partial charge in [0, 0.05) is 18.5 Å². The largest absolute Gasteiger partial charge is 0.467 e. The van der Waals surface area contributed by atoms with Gasteiger partial charge in [-0.05, 0) is 30.9 Å². The van der Waals surface area contributed by atoms with E-state index >= 15 is 0 Å². The van der Waals surface area contributed by atoms with Gasteiger partial charge in [-0.25, -0.2) is 0 Å². The van der Waals surface area contributed by atoms with Gasteiger partial charge in [0.15, 0.2) is 0 Å². The molecule has 1 atom stereocenters. The highest BCUT2D eigenvalue weighted by atomic mass is 16.3. The van der Waals surface area contributed by atoms with E-state index in [2.05, 4.69) is 0 Å². The molecule has 0 aromatic carbocycles. The predicted molar refractivity (Wildman–Crippen MR) is 69.7 cm³/mol. The zero-order valence-electron chi connectivity index (χ0n) is 11.1. The zero-order chi connectivity index (χ0) is 13.1. The van der Waals surface area contributed by atoms with Gasteiger partial charge in [0.1, 0.15) is 5.76 Å². The highest BCUT2D eigenvalue weighted by molar-refractivity contribution is 5.77. The third-order valence-electron chi connectivity index (χ3n) is 3.48. The summed E-state index contributed by atoms with van der Waals surface area (Å²) in [6.07, 6.45) is 4.27. The van der Waals surface area contributed by atoms with E-state index in [1.165, 1.54) is 0 Å². The Morgan fingerprint density at radius 1 is 1.56 bits per heavy atom. The summed E-state index contributed by atoms with van der Waals surface area (Å²) in [6.45, 7) is 4.67. The molecule has 18 heavy (non-hydrogen) atoms. The van der Waals surface area contributed by atoms with Gasteiger partial charge in [-0.1, -0.05) is 13.8 Å². The van der Waals surface area contributed by atoms with Gasteiger partial charge < -0.3 is 15.1 Å². The van der Waals surface area contributed by atoms with E-state index in [9.17, 15) is 4.79 Å². The van der Waals surface area contributed by atoms with Gasteiger partial charge in [-0.2, -0.15) is 0 Å². The van der Waals surface area contributed by atoms with Crippen LogP contribution in [0.25, 0.3) is 0 Å². The van der Waals surface area contributed by atoms with Gasteiger partial charge in [0.05, 0.1) is 12.8 Å². The molecule has 1 aliphatic carbocycles. The van der Waals surface area contributed by atoms with Gasteiger partial charge in [-0.3, -0.25) is 4.79 Å². The van der Waals surface area contributed by atoms with Crippen LogP contribution in [0.4, 0.5) is 0 Å². The molecule has 100 valence electrons. The summed E-state index contributed by atoms with van der Waals surface area (Å²) in [7, 11) is 0. The van der Waals surface area contributed by atoms with Crippen LogP contribution in [0.15, 0.2) is 22.8 Å². The van der Waals surface area contributed by atoms with Crippen LogP contribution in [0.2, 0.25) is 0 Å². The number of carbonyl (C=O) groups excluding carboxylic acids is 1. The summed E-state index contributed by atoms with van der Waals surface area (Å²) in [5.74, 6) is 1.32. The second-order valence-electron chi connectivity index (χ2n) is 5.44. The molecule has 2 rings (SSSR count). The van der Waals surface area contributed by atoms with Crippen LogP contribution in [0.5, 0.6) is 0 Å². The van der Waals surface area contributed by atoms with E-state index in [0.29, 0.717) is 24.9 Å². The molecule has 0 spiro atoms. The third kappa shape index (κ3) is 3.35. The lowest BCUT2D eigenvalue weighted by Gasteiger charge is -2.24. The number of nitrogens with two attached hydrogens (primary N) is 1. The van der Waals surface area contributed by atoms with Crippen molar-refractivity contribution in [3.63, 3.8) is 0 Å². The molecule has 0 aliphatic heterocycles. The molecule has 1 fully saturated rings. The van der Waals surface area contributed by atoms with Crippen molar-refractivity contribution in [2.45, 2.75) is 51.7 Å². The van der Waals surface area contributed by atoms with Crippen molar-refractivity contribution in [1.29, 1.82) is 0 Å². The average molecular weight is 250 g/mol. The first-order chi connectivity index (χ1) is 8.58. The Morgan fingerprint density at radius 2 is 2.28 bits per heavy atom. The summed E-state index contributed by atoms with van der Waals surface area (Å²) in [6, 6.07) is 4.09. The molecule has 0 bridgehead atoms. The zero-order valence-corrected chi connectivity index (χ0v) is 11.1. The summed E-state index contributed by atoms with van der Waals surface area (Å²) in [5.41, 5.74) is 5.98. The Bertz CT molecular complexity index is 383. The van der Waals surface area contributed by atoms with Gasteiger partial charge in [0.2, 0.25) is 5.91 Å². The minimum atomic E-state index is -0.0599. The smallest absolute Gasteiger partial charge is 0.224 e. The lowest BCUT2D eigenvalue weighted by Crippen LogP contribution is -2.38. The fourth-order valence-electron chi connectivity index (χ4n) is 1.93. The Hall–Kier alpha value is -1.29. The minimum absolute atomic E-state index is 0.0599. The summed E-state index contributed by atoms with van der Waals surface area (Å²) >= 11 is 0. The lowest BCUT2D eigenvalue weighted by molar-refractivity contribution is -0.133. The van der Waals surface area contributed by atoms with E-state index in [1.54, 1.807) is 6.26 Å². The summed E-state index contributed by atoms with van der Waals surface area (Å²) < 4.78 is 5.32. The molecule has 0 saturated heterocycles. The molecule has 2 N–H and O–H groups in total. The van der Waals surface area contributed by atoms with Crippen LogP contribution < -0.4 is 5.73 Å². The number of hydrogen-bond acceptors (Lipinski definition) is 3. The van der Waals surface area contributed by atoms with Crippen molar-refractivity contribution in [3.05, 3.63) is 24.2 Å². The maximum absolute atomic E-state index is 12.3. The normalized spacial score (nSPS) is 16.9. The first-order valence-electron chi connectivity index (χ1n) is 6.65. The number of carbonyl (C=O) groups is 1. The first kappa shape index (κ1) is 13.1. The molecular formula is C14H22N2O2. The van der Waals surface area contributed by atoms with Crippen molar-refractivity contribution in [2.75, 3.05) is 0 Å². The van der Waals surface area contributed by atoms with Crippen molar-refractivity contribution in [2.24, 2.45) is 11.7 Å². The van der Waals surface area contributed by atoms with E-state index in [-0.39, 0.29) is 11.9 Å². The fourth-order valence-corrected chi connectivity index (χ4v) is 1.93. The van der Waals surface area contributed by atoms with Crippen molar-refractivity contribution in [1.82, 2.24) is 4.90 Å². The minimum Gasteiger partial charge on any atom is -0.467 e. The van der Waals surface area contributed by atoms with Crippen LogP contribution >= 0.6 is 0 Å². The quantitative estimate of drug-likeness (QED) is 0.841. The van der Waals surface area contributed by atoms with Gasteiger partial charge in [0.25, 0.3) is 0 Å². The number of rotatable bonds is 6. The van der Waals surface area contributed by atoms with E-state index in [1.807, 2.05) is 30.9 Å². The predicted octanol–water partition coefficient (Wildman–Crippen LogP) is 2.14. The molecule has 1 amide bonds. The Labute approximate surface area is 108 Å². The molecule has 1 aromatic heterocycles. The first-order valence-corrected chi connectivity index (χ1v) is 6.65. The fraction of sp³-hybridized carbons (Fsp3) is 0.643. The van der Waals surface area contributed by atoms with Gasteiger partial charge in [-0.15, -0.1) is 0 Å². The summed E-state index contributed by atoms with van der Waals surface area (Å²) in [4.78, 5) is 14.2. The lowest BCUT2D eigenvalue weighted by atomic mass is 10.0. The molecule has 1 saturated carbocycles. The molecule has 0 radical (unpaired) electrons. The second kappa shape index (κ2) is 5.57. The number of amides is 1. The van der Waals surface area contributed by atoms with Crippen molar-refractivity contribution >= 4 is 5.91 Å². The highest BCUT2D eigenvalue weighted by Gasteiger charge is 2.33. The molecular weight excluding hydrogens is 228 g/mol. The van der Waals surface area contributed by atoms with Crippen LogP contribution in [0.1, 0.15) is 38.9 Å². The van der Waals surface area contributed by atoms with Crippen LogP contribution in [-0.4, -0.2) is 22.9 Å². The van der Waals surface area contributed by atoms with Crippen LogP contribution in [0, 0.1) is 5.92 Å². The average Bonchev–Trinajstić information content (AvgIpc) is 3.03. The number of hydrogen-bond donors (Lipinski definition) is 1. The van der Waals surface area contributed by atoms with Crippen molar-refractivity contribution in [3.8, 4) is 0 Å². The number of furan rings is 1. The maximum Gasteiger partial charge on any atom is 0.224 e. The summed E-state index contributed by atoms with van der Waals surface area (Å²) in [5, 5.41) is 0. The van der Waals surface area contributed by atoms with Crippen LogP contribution in [-0.2, 0) is 11.3 Å². The van der Waals surface area contributed by atoms with Gasteiger partial charge >= 0.3 is 0 Å². The Kier molecular flexibility index (Phi) is 4.07. The molecule has 4 heteroatoms. The maximum atomic E-state index is 12.3.